The summed E-state index contributed by atoms with van der Waals surface area (Å²) in [6, 6.07) is 4.17. The number of nitrogens with zero attached hydrogens (tertiary/aromatic N) is 4. The summed E-state index contributed by atoms with van der Waals surface area (Å²) in [6.45, 7) is 3.12. The lowest BCUT2D eigenvalue weighted by Crippen LogP contribution is -2.50. The van der Waals surface area contributed by atoms with Crippen LogP contribution in [0.25, 0.3) is 0 Å². The zero-order valence-corrected chi connectivity index (χ0v) is 17.3. The van der Waals surface area contributed by atoms with Gasteiger partial charge in [-0.1, -0.05) is 6.07 Å². The van der Waals surface area contributed by atoms with Crippen LogP contribution in [0, 0.1) is 18.8 Å². The van der Waals surface area contributed by atoms with E-state index in [1.54, 1.807) is 15.6 Å². The Bertz CT molecular complexity index is 1160. The van der Waals surface area contributed by atoms with Gasteiger partial charge in [0.05, 0.1) is 5.56 Å². The number of aromatic carboxylic acids is 1. The lowest BCUT2D eigenvalue weighted by molar-refractivity contribution is -0.138. The molecule has 2 aromatic rings. The molecule has 7 rings (SSSR count). The number of carbonyl (C=O) groups excluding carboxylic acids is 1. The van der Waals surface area contributed by atoms with Crippen molar-refractivity contribution >= 4 is 17.6 Å². The number of hydrogen-bond donors (Lipinski definition) is 1. The van der Waals surface area contributed by atoms with Gasteiger partial charge in [-0.2, -0.15) is 18.3 Å². The SMILES string of the molecule is Cc1c(N2CCN(C(=O)Cn3nc(C(=O)O)c4c3C3C5[C@H]3[C@H]45)CC2)cccc1C(F)(F)F. The second kappa shape index (κ2) is 6.26. The van der Waals surface area contributed by atoms with Crippen molar-refractivity contribution in [1.82, 2.24) is 14.7 Å². The van der Waals surface area contributed by atoms with Crippen molar-refractivity contribution in [3.63, 3.8) is 0 Å². The molecule has 4 aliphatic carbocycles. The normalized spacial score (nSPS) is 27.2. The maximum absolute atomic E-state index is 13.2. The van der Waals surface area contributed by atoms with E-state index in [1.165, 1.54) is 13.0 Å². The third-order valence-corrected chi connectivity index (χ3v) is 7.57. The van der Waals surface area contributed by atoms with E-state index in [2.05, 4.69) is 5.10 Å². The number of benzene rings is 1. The first kappa shape index (κ1) is 19.6. The van der Waals surface area contributed by atoms with Crippen LogP contribution in [0.15, 0.2) is 18.2 Å². The number of rotatable bonds is 4. The molecule has 2 heterocycles. The smallest absolute Gasteiger partial charge is 0.416 e. The maximum Gasteiger partial charge on any atom is 0.416 e. The Balaban J connectivity index is 1.14. The number of piperazine rings is 1. The van der Waals surface area contributed by atoms with E-state index in [4.69, 9.17) is 0 Å². The second-order valence-corrected chi connectivity index (χ2v) is 9.13. The van der Waals surface area contributed by atoms with Crippen molar-refractivity contribution in [2.24, 2.45) is 11.8 Å². The molecule has 168 valence electrons. The first-order valence-electron chi connectivity index (χ1n) is 10.7. The van der Waals surface area contributed by atoms with Crippen molar-refractivity contribution in [1.29, 1.82) is 0 Å². The van der Waals surface area contributed by atoms with Crippen molar-refractivity contribution in [2.45, 2.75) is 31.5 Å². The summed E-state index contributed by atoms with van der Waals surface area (Å²) in [5.74, 6) is 0.605. The van der Waals surface area contributed by atoms with Crippen molar-refractivity contribution in [3.05, 3.63) is 46.3 Å². The van der Waals surface area contributed by atoms with E-state index in [1.807, 2.05) is 4.90 Å². The Morgan fingerprint density at radius 3 is 2.44 bits per heavy atom. The standard InChI is InChI=1S/C22H21F3N4O3/c1-10-11(22(23,24)25)3-2-4-12(10)27-5-7-28(8-6-27)13(30)9-29-20-17-14-15(17)16(14)18(20)19(26-29)21(31)32/h2-4,14-17H,5-9H2,1H3,(H,31,32)/t14-,15?,16-,17?/m0/s1. The summed E-state index contributed by atoms with van der Waals surface area (Å²) in [7, 11) is 0. The van der Waals surface area contributed by atoms with Gasteiger partial charge >= 0.3 is 12.1 Å². The topological polar surface area (TPSA) is 78.7 Å². The van der Waals surface area contributed by atoms with Crippen LogP contribution in [-0.2, 0) is 17.5 Å². The van der Waals surface area contributed by atoms with Crippen LogP contribution in [-0.4, -0.2) is 57.8 Å². The Kier molecular flexibility index (Phi) is 3.84. The number of anilines is 1. The predicted molar refractivity (Wildman–Crippen MR) is 107 cm³/mol. The highest BCUT2D eigenvalue weighted by atomic mass is 19.4. The Morgan fingerprint density at radius 1 is 1.12 bits per heavy atom. The summed E-state index contributed by atoms with van der Waals surface area (Å²) in [5, 5.41) is 13.7. The summed E-state index contributed by atoms with van der Waals surface area (Å²) in [6.07, 6.45) is -4.40. The molecule has 3 fully saturated rings. The molecule has 1 saturated heterocycles. The molecule has 2 saturated carbocycles. The summed E-state index contributed by atoms with van der Waals surface area (Å²) < 4.78 is 41.3. The Hall–Kier alpha value is -3.04. The highest BCUT2D eigenvalue weighted by Gasteiger charge is 2.81. The van der Waals surface area contributed by atoms with Crippen LogP contribution in [0.5, 0.6) is 0 Å². The first-order valence-corrected chi connectivity index (χ1v) is 10.7. The molecule has 1 amide bonds. The number of amides is 1. The maximum atomic E-state index is 13.2. The molecule has 4 atom stereocenters. The van der Waals surface area contributed by atoms with Crippen LogP contribution < -0.4 is 4.90 Å². The molecule has 2 unspecified atom stereocenters. The van der Waals surface area contributed by atoms with E-state index in [0.29, 0.717) is 55.5 Å². The van der Waals surface area contributed by atoms with Gasteiger partial charge in [0.2, 0.25) is 5.91 Å². The fourth-order valence-corrected chi connectivity index (χ4v) is 5.91. The van der Waals surface area contributed by atoms with Crippen LogP contribution in [0.4, 0.5) is 18.9 Å². The van der Waals surface area contributed by atoms with E-state index in [0.717, 1.165) is 17.3 Å². The molecule has 2 bridgehead atoms. The van der Waals surface area contributed by atoms with Crippen LogP contribution in [0.1, 0.15) is 44.7 Å². The third-order valence-electron chi connectivity index (χ3n) is 7.57. The minimum Gasteiger partial charge on any atom is -0.476 e. The highest BCUT2D eigenvalue weighted by Crippen LogP contribution is 2.88. The molecule has 32 heavy (non-hydrogen) atoms. The minimum absolute atomic E-state index is 0.000853. The quantitative estimate of drug-likeness (QED) is 0.782. The van der Waals surface area contributed by atoms with Crippen LogP contribution in [0.3, 0.4) is 0 Å². The van der Waals surface area contributed by atoms with Crippen LogP contribution >= 0.6 is 0 Å². The van der Waals surface area contributed by atoms with Gasteiger partial charge in [-0.3, -0.25) is 9.48 Å². The summed E-state index contributed by atoms with van der Waals surface area (Å²) in [4.78, 5) is 28.0. The fraction of sp³-hybridized carbons (Fsp3) is 0.500. The van der Waals surface area contributed by atoms with Gasteiger partial charge in [-0.25, -0.2) is 4.79 Å². The molecule has 0 spiro atoms. The zero-order chi connectivity index (χ0) is 22.5. The van der Waals surface area contributed by atoms with Crippen molar-refractivity contribution < 1.29 is 27.9 Å². The summed E-state index contributed by atoms with van der Waals surface area (Å²) in [5.41, 5.74) is 1.91. The number of hydrogen-bond acceptors (Lipinski definition) is 4. The van der Waals surface area contributed by atoms with Crippen LogP contribution in [0.2, 0.25) is 0 Å². The Labute approximate surface area is 181 Å². The van der Waals surface area contributed by atoms with E-state index in [9.17, 15) is 27.9 Å². The average Bonchev–Trinajstić information content (AvgIpc) is 3.50. The van der Waals surface area contributed by atoms with Gasteiger partial charge < -0.3 is 14.9 Å². The van der Waals surface area contributed by atoms with Gasteiger partial charge in [0, 0.05) is 49.0 Å². The van der Waals surface area contributed by atoms with E-state index >= 15 is 0 Å². The fourth-order valence-electron chi connectivity index (χ4n) is 5.91. The molecule has 0 radical (unpaired) electrons. The molecule has 10 heteroatoms. The predicted octanol–water partition coefficient (Wildman–Crippen LogP) is 2.70. The highest BCUT2D eigenvalue weighted by molar-refractivity contribution is 5.90. The van der Waals surface area contributed by atoms with Gasteiger partial charge in [-0.15, -0.1) is 0 Å². The van der Waals surface area contributed by atoms with Crippen molar-refractivity contribution in [2.75, 3.05) is 31.1 Å². The minimum atomic E-state index is -4.40. The van der Waals surface area contributed by atoms with E-state index in [-0.39, 0.29) is 23.7 Å². The molecule has 7 nitrogen and oxygen atoms in total. The molecule has 1 aromatic carbocycles. The molecule has 1 aliphatic heterocycles. The van der Waals surface area contributed by atoms with Gasteiger partial charge in [-0.05, 0) is 42.4 Å². The number of carbonyl (C=O) groups is 2. The number of carboxylic acids is 1. The Morgan fingerprint density at radius 2 is 1.81 bits per heavy atom. The van der Waals surface area contributed by atoms with Gasteiger partial charge in [0.25, 0.3) is 0 Å². The lowest BCUT2D eigenvalue weighted by atomic mass is 10.0. The van der Waals surface area contributed by atoms with Gasteiger partial charge in [0.1, 0.15) is 6.54 Å². The zero-order valence-electron chi connectivity index (χ0n) is 17.3. The largest absolute Gasteiger partial charge is 0.476 e. The average molecular weight is 446 g/mol. The monoisotopic (exact) mass is 446 g/mol. The second-order valence-electron chi connectivity index (χ2n) is 9.13. The molecular weight excluding hydrogens is 425 g/mol. The molecule has 5 aliphatic rings. The number of halogens is 3. The third kappa shape index (κ3) is 2.64. The lowest BCUT2D eigenvalue weighted by Gasteiger charge is -2.37. The summed E-state index contributed by atoms with van der Waals surface area (Å²) >= 11 is 0. The van der Waals surface area contributed by atoms with Crippen molar-refractivity contribution in [3.8, 4) is 0 Å². The molecular formula is C22H21F3N4O3. The van der Waals surface area contributed by atoms with E-state index < -0.39 is 17.7 Å². The molecule has 1 aromatic heterocycles. The first-order chi connectivity index (χ1) is 15.2. The number of aromatic nitrogens is 2. The van der Waals surface area contributed by atoms with Gasteiger partial charge in [0.15, 0.2) is 5.69 Å². The molecule has 1 N–H and O–H groups in total. The number of carboxylic acid groups (broad SMARTS) is 1. The number of alkyl halides is 3.